The Kier molecular flexibility index (Phi) is 4.83. The summed E-state index contributed by atoms with van der Waals surface area (Å²) in [5, 5.41) is 0. The van der Waals surface area contributed by atoms with Crippen LogP contribution in [0.4, 0.5) is 0 Å². The highest BCUT2D eigenvalue weighted by Gasteiger charge is 2.44. The quantitative estimate of drug-likeness (QED) is 0.845. The summed E-state index contributed by atoms with van der Waals surface area (Å²) in [6, 6.07) is 8.58. The summed E-state index contributed by atoms with van der Waals surface area (Å²) in [5.41, 5.74) is 2.40. The molecule has 24 heavy (non-hydrogen) atoms. The van der Waals surface area contributed by atoms with Crippen molar-refractivity contribution in [3.05, 3.63) is 60.2 Å². The molecule has 2 aliphatic rings. The maximum absolute atomic E-state index is 6.22. The van der Waals surface area contributed by atoms with E-state index >= 15 is 0 Å². The molecule has 2 fully saturated rings. The number of hydrogen-bond donors (Lipinski definition) is 0. The van der Waals surface area contributed by atoms with E-state index in [4.69, 9.17) is 9.47 Å². The van der Waals surface area contributed by atoms with Gasteiger partial charge in [0.05, 0.1) is 12.7 Å². The zero-order chi connectivity index (χ0) is 16.2. The highest BCUT2D eigenvalue weighted by Crippen LogP contribution is 2.32. The maximum atomic E-state index is 6.22. The molecule has 0 aromatic carbocycles. The fourth-order valence-electron chi connectivity index (χ4n) is 3.74. The lowest BCUT2D eigenvalue weighted by molar-refractivity contribution is -0.0819. The van der Waals surface area contributed by atoms with Crippen molar-refractivity contribution in [3.63, 3.8) is 0 Å². The summed E-state index contributed by atoms with van der Waals surface area (Å²) in [6.45, 7) is 3.28. The molecule has 5 nitrogen and oxygen atoms in total. The van der Waals surface area contributed by atoms with Crippen LogP contribution in [0, 0.1) is 0 Å². The van der Waals surface area contributed by atoms with Gasteiger partial charge in [-0.2, -0.15) is 0 Å². The second kappa shape index (κ2) is 7.38. The number of pyridine rings is 2. The van der Waals surface area contributed by atoms with E-state index in [0.717, 1.165) is 31.7 Å². The molecule has 2 aromatic rings. The Balaban J connectivity index is 1.43. The zero-order valence-corrected chi connectivity index (χ0v) is 13.8. The molecule has 0 spiro atoms. The normalized spacial score (nSPS) is 27.1. The standard InChI is InChI=1S/C19H23N3O2/c1-3-16(11-21-7-1)12-22-13-18(19-17(22)4-2-10-23-19)24-14-15-5-8-20-9-6-15/h1,3,5-9,11,17-19H,2,4,10,12-14H2/t17-,18-,19+/m1/s1. The van der Waals surface area contributed by atoms with Gasteiger partial charge in [0.2, 0.25) is 0 Å². The Morgan fingerprint density at radius 3 is 2.88 bits per heavy atom. The molecule has 0 N–H and O–H groups in total. The van der Waals surface area contributed by atoms with Gasteiger partial charge in [-0.15, -0.1) is 0 Å². The van der Waals surface area contributed by atoms with Crippen molar-refractivity contribution in [3.8, 4) is 0 Å². The van der Waals surface area contributed by atoms with Gasteiger partial charge in [-0.25, -0.2) is 0 Å². The van der Waals surface area contributed by atoms with E-state index < -0.39 is 0 Å². The average molecular weight is 325 g/mol. The third-order valence-electron chi connectivity index (χ3n) is 4.91. The summed E-state index contributed by atoms with van der Waals surface area (Å²) in [6.07, 6.45) is 9.99. The number of aromatic nitrogens is 2. The van der Waals surface area contributed by atoms with Crippen LogP contribution in [0.15, 0.2) is 49.1 Å². The Bertz CT molecular complexity index is 638. The lowest BCUT2D eigenvalue weighted by Crippen LogP contribution is -2.41. The first-order valence-electron chi connectivity index (χ1n) is 8.65. The van der Waals surface area contributed by atoms with Crippen LogP contribution in [-0.2, 0) is 22.6 Å². The first-order chi connectivity index (χ1) is 11.9. The third kappa shape index (κ3) is 3.48. The monoisotopic (exact) mass is 325 g/mol. The second-order valence-corrected chi connectivity index (χ2v) is 6.54. The van der Waals surface area contributed by atoms with Gasteiger partial charge in [-0.05, 0) is 42.2 Å². The largest absolute Gasteiger partial charge is 0.374 e. The molecular formula is C19H23N3O2. The fourth-order valence-corrected chi connectivity index (χ4v) is 3.74. The van der Waals surface area contributed by atoms with Crippen molar-refractivity contribution in [2.45, 2.75) is 44.2 Å². The van der Waals surface area contributed by atoms with Gasteiger partial charge in [-0.3, -0.25) is 14.9 Å². The van der Waals surface area contributed by atoms with Gasteiger partial charge < -0.3 is 9.47 Å². The molecule has 3 atom stereocenters. The highest BCUT2D eigenvalue weighted by atomic mass is 16.5. The van der Waals surface area contributed by atoms with Gasteiger partial charge >= 0.3 is 0 Å². The molecule has 0 amide bonds. The summed E-state index contributed by atoms with van der Waals surface area (Å²) in [5.74, 6) is 0. The molecule has 4 rings (SSSR count). The Labute approximate surface area is 142 Å². The van der Waals surface area contributed by atoms with Crippen molar-refractivity contribution in [1.82, 2.24) is 14.9 Å². The van der Waals surface area contributed by atoms with Crippen molar-refractivity contribution >= 4 is 0 Å². The van der Waals surface area contributed by atoms with Crippen molar-refractivity contribution in [2.75, 3.05) is 13.2 Å². The molecule has 126 valence electrons. The highest BCUT2D eigenvalue weighted by molar-refractivity contribution is 5.11. The molecule has 2 aliphatic heterocycles. The van der Waals surface area contributed by atoms with E-state index in [0.29, 0.717) is 12.6 Å². The third-order valence-corrected chi connectivity index (χ3v) is 4.91. The van der Waals surface area contributed by atoms with Crippen LogP contribution in [0.3, 0.4) is 0 Å². The maximum Gasteiger partial charge on any atom is 0.100 e. The van der Waals surface area contributed by atoms with Gasteiger partial charge in [-0.1, -0.05) is 6.07 Å². The Hall–Kier alpha value is -1.82. The van der Waals surface area contributed by atoms with Crippen LogP contribution >= 0.6 is 0 Å². The average Bonchev–Trinajstić information content (AvgIpc) is 3.00. The fraction of sp³-hybridized carbons (Fsp3) is 0.474. The van der Waals surface area contributed by atoms with E-state index in [1.54, 1.807) is 0 Å². The van der Waals surface area contributed by atoms with Crippen LogP contribution in [0.25, 0.3) is 0 Å². The van der Waals surface area contributed by atoms with Crippen LogP contribution in [0.2, 0.25) is 0 Å². The lowest BCUT2D eigenvalue weighted by atomic mass is 10.0. The molecule has 0 radical (unpaired) electrons. The molecule has 5 heteroatoms. The van der Waals surface area contributed by atoms with Crippen molar-refractivity contribution in [1.29, 1.82) is 0 Å². The van der Waals surface area contributed by atoms with E-state index in [1.807, 2.05) is 43.0 Å². The van der Waals surface area contributed by atoms with E-state index in [-0.39, 0.29) is 12.2 Å². The smallest absolute Gasteiger partial charge is 0.100 e. The SMILES string of the molecule is c1cncc(CN2C[C@@H](OCc3ccncc3)[C@H]3OCCC[C@H]32)c1. The topological polar surface area (TPSA) is 47.5 Å². The molecule has 2 saturated heterocycles. The summed E-state index contributed by atoms with van der Waals surface area (Å²) in [4.78, 5) is 10.8. The zero-order valence-electron chi connectivity index (χ0n) is 13.8. The molecular weight excluding hydrogens is 302 g/mol. The predicted octanol–water partition coefficient (Wildman–Crippen LogP) is 2.43. The summed E-state index contributed by atoms with van der Waals surface area (Å²) >= 11 is 0. The molecule has 0 aliphatic carbocycles. The second-order valence-electron chi connectivity index (χ2n) is 6.54. The molecule has 0 unspecified atom stereocenters. The van der Waals surface area contributed by atoms with Crippen molar-refractivity contribution < 1.29 is 9.47 Å². The summed E-state index contributed by atoms with van der Waals surface area (Å²) < 4.78 is 12.3. The Morgan fingerprint density at radius 1 is 1.12 bits per heavy atom. The molecule has 0 saturated carbocycles. The number of ether oxygens (including phenoxy) is 2. The molecule has 0 bridgehead atoms. The minimum atomic E-state index is 0.125. The van der Waals surface area contributed by atoms with Crippen LogP contribution in [-0.4, -0.2) is 46.3 Å². The van der Waals surface area contributed by atoms with Crippen LogP contribution in [0.1, 0.15) is 24.0 Å². The van der Waals surface area contributed by atoms with Crippen LogP contribution in [0.5, 0.6) is 0 Å². The number of hydrogen-bond acceptors (Lipinski definition) is 5. The number of fused-ring (bicyclic) bond motifs is 1. The molecule has 4 heterocycles. The van der Waals surface area contributed by atoms with Gasteiger partial charge in [0.25, 0.3) is 0 Å². The first-order valence-corrected chi connectivity index (χ1v) is 8.65. The number of rotatable bonds is 5. The predicted molar refractivity (Wildman–Crippen MR) is 90.2 cm³/mol. The summed E-state index contributed by atoms with van der Waals surface area (Å²) in [7, 11) is 0. The van der Waals surface area contributed by atoms with Gasteiger partial charge in [0.15, 0.2) is 0 Å². The number of likely N-dealkylation sites (tertiary alicyclic amines) is 1. The van der Waals surface area contributed by atoms with Crippen LogP contribution < -0.4 is 0 Å². The van der Waals surface area contributed by atoms with Crippen molar-refractivity contribution in [2.24, 2.45) is 0 Å². The minimum absolute atomic E-state index is 0.125. The molecule has 2 aromatic heterocycles. The first kappa shape index (κ1) is 15.7. The lowest BCUT2D eigenvalue weighted by Gasteiger charge is -2.32. The Morgan fingerprint density at radius 2 is 2.04 bits per heavy atom. The minimum Gasteiger partial charge on any atom is -0.374 e. The van der Waals surface area contributed by atoms with E-state index in [9.17, 15) is 0 Å². The van der Waals surface area contributed by atoms with E-state index in [2.05, 4.69) is 20.9 Å². The van der Waals surface area contributed by atoms with Gasteiger partial charge in [0.1, 0.15) is 6.10 Å². The van der Waals surface area contributed by atoms with E-state index in [1.165, 1.54) is 12.0 Å². The number of nitrogens with zero attached hydrogens (tertiary/aromatic N) is 3. The van der Waals surface area contributed by atoms with Gasteiger partial charge in [0, 0.05) is 50.5 Å².